The highest BCUT2D eigenvalue weighted by atomic mass is 35.5. The molecule has 9 nitrogen and oxygen atoms in total. The Morgan fingerprint density at radius 3 is 2.58 bits per heavy atom. The lowest BCUT2D eigenvalue weighted by Crippen LogP contribution is -2.46. The summed E-state index contributed by atoms with van der Waals surface area (Å²) in [5, 5.41) is 6.03. The lowest BCUT2D eigenvalue weighted by atomic mass is 10.1. The van der Waals surface area contributed by atoms with Gasteiger partial charge in [0.05, 0.1) is 11.6 Å². The van der Waals surface area contributed by atoms with Gasteiger partial charge in [-0.1, -0.05) is 23.7 Å². The molecule has 1 aliphatic carbocycles. The third-order valence-corrected chi connectivity index (χ3v) is 9.14. The van der Waals surface area contributed by atoms with Crippen LogP contribution in [0.5, 0.6) is 0 Å². The van der Waals surface area contributed by atoms with E-state index in [9.17, 15) is 28.0 Å². The average molecular weight is 612 g/mol. The number of fused-ring (bicyclic) bond motifs is 3. The Morgan fingerprint density at radius 1 is 1.05 bits per heavy atom. The Hall–Kier alpha value is -3.99. The van der Waals surface area contributed by atoms with E-state index in [-0.39, 0.29) is 54.5 Å². The van der Waals surface area contributed by atoms with Crippen molar-refractivity contribution in [2.45, 2.75) is 64.0 Å². The number of carbonyl (C=O) groups excluding carboxylic acids is 4. The van der Waals surface area contributed by atoms with E-state index in [1.807, 2.05) is 4.90 Å². The predicted molar refractivity (Wildman–Crippen MR) is 157 cm³/mol. The molecule has 3 fully saturated rings. The van der Waals surface area contributed by atoms with Crippen LogP contribution in [-0.4, -0.2) is 69.3 Å². The first-order valence-electron chi connectivity index (χ1n) is 14.4. The van der Waals surface area contributed by atoms with Gasteiger partial charge in [0, 0.05) is 59.5 Å². The summed E-state index contributed by atoms with van der Waals surface area (Å²) in [6.07, 6.45) is 3.21. The number of rotatable bonds is 7. The molecule has 2 saturated heterocycles. The van der Waals surface area contributed by atoms with Gasteiger partial charge in [-0.15, -0.1) is 0 Å². The molecule has 4 atom stereocenters. The van der Waals surface area contributed by atoms with Gasteiger partial charge >= 0.3 is 6.03 Å². The van der Waals surface area contributed by atoms with Crippen LogP contribution in [0.3, 0.4) is 0 Å². The van der Waals surface area contributed by atoms with Gasteiger partial charge in [-0.2, -0.15) is 0 Å². The van der Waals surface area contributed by atoms with Gasteiger partial charge in [0.2, 0.25) is 11.8 Å². The molecule has 3 aliphatic rings. The van der Waals surface area contributed by atoms with E-state index in [4.69, 9.17) is 11.6 Å². The second kappa shape index (κ2) is 11.6. The van der Waals surface area contributed by atoms with Crippen LogP contribution in [0.4, 0.5) is 19.3 Å². The molecule has 2 unspecified atom stereocenters. The molecular weight excluding hydrogens is 580 g/mol. The van der Waals surface area contributed by atoms with Crippen LogP contribution < -0.4 is 10.6 Å². The maximum absolute atomic E-state index is 14.5. The fourth-order valence-electron chi connectivity index (χ4n) is 6.69. The topological polar surface area (TPSA) is 104 Å². The molecule has 43 heavy (non-hydrogen) atoms. The molecule has 1 aromatic heterocycles. The highest BCUT2D eigenvalue weighted by Gasteiger charge is 2.41. The molecule has 0 radical (unpaired) electrons. The number of piperidine rings is 1. The van der Waals surface area contributed by atoms with E-state index in [1.165, 1.54) is 24.0 Å². The maximum atomic E-state index is 14.5. The first-order valence-corrected chi connectivity index (χ1v) is 14.8. The van der Waals surface area contributed by atoms with Gasteiger partial charge < -0.3 is 25.0 Å². The second-order valence-corrected chi connectivity index (χ2v) is 12.1. The molecular formula is C31H32ClF2N5O4. The van der Waals surface area contributed by atoms with Gasteiger partial charge in [-0.25, -0.2) is 13.6 Å². The Labute approximate surface area is 252 Å². The normalized spacial score (nSPS) is 22.8. The summed E-state index contributed by atoms with van der Waals surface area (Å²) in [4.78, 5) is 54.9. The second-order valence-electron chi connectivity index (χ2n) is 11.7. The van der Waals surface area contributed by atoms with Crippen LogP contribution in [0.15, 0.2) is 42.6 Å². The standard InChI is InChI=1S/C31H32ClF2N5O4/c1-17(40)24-15-37(26-8-6-21(11-23(24)26)36-31(43)38-13-18-5-7-22(38)9-18)16-28(41)39-14-20(33)10-27(39)30(42)35-12-19-3-2-4-25(32)29(19)34/h2-4,6,8,11,15,18,20,22,27H,5,7,9-10,12-14,16H2,1H3,(H,35,42)(H,36,43)/t18?,20-,22?,27+/m1/s1. The summed E-state index contributed by atoms with van der Waals surface area (Å²) < 4.78 is 30.4. The van der Waals surface area contributed by atoms with Crippen molar-refractivity contribution in [3.05, 3.63) is 64.6 Å². The predicted octanol–water partition coefficient (Wildman–Crippen LogP) is 4.91. The molecule has 2 aliphatic heterocycles. The van der Waals surface area contributed by atoms with Gasteiger partial charge in [0.25, 0.3) is 0 Å². The van der Waals surface area contributed by atoms with Gasteiger partial charge in [-0.05, 0) is 56.4 Å². The summed E-state index contributed by atoms with van der Waals surface area (Å²) in [5.41, 5.74) is 1.68. The molecule has 12 heteroatoms. The highest BCUT2D eigenvalue weighted by molar-refractivity contribution is 6.30. The van der Waals surface area contributed by atoms with Crippen molar-refractivity contribution >= 4 is 51.8 Å². The fourth-order valence-corrected chi connectivity index (χ4v) is 6.88. The van der Waals surface area contributed by atoms with Crippen molar-refractivity contribution in [1.29, 1.82) is 0 Å². The zero-order valence-corrected chi connectivity index (χ0v) is 24.4. The maximum Gasteiger partial charge on any atom is 0.322 e. The molecule has 2 N–H and O–H groups in total. The Morgan fingerprint density at radius 2 is 1.86 bits per heavy atom. The number of nitrogens with zero attached hydrogens (tertiary/aromatic N) is 3. The fraction of sp³-hybridized carbons (Fsp3) is 0.419. The molecule has 2 bridgehead atoms. The first-order chi connectivity index (χ1) is 20.6. The van der Waals surface area contributed by atoms with Crippen molar-refractivity contribution in [3.63, 3.8) is 0 Å². The monoisotopic (exact) mass is 611 g/mol. The molecule has 3 heterocycles. The van der Waals surface area contributed by atoms with Gasteiger partial charge in [0.1, 0.15) is 24.6 Å². The minimum atomic E-state index is -1.39. The largest absolute Gasteiger partial charge is 0.350 e. The molecule has 4 amide bonds. The number of Topliss-reactive ketones (excluding diaryl/α,β-unsaturated/α-hetero) is 1. The molecule has 6 rings (SSSR count). The SMILES string of the molecule is CC(=O)c1cn(CC(=O)N2C[C@H](F)C[C@H]2C(=O)NCc2cccc(Cl)c2F)c2ccc(NC(=O)N3CC4CCC3C4)cc12. The first kappa shape index (κ1) is 29.1. The van der Waals surface area contributed by atoms with E-state index in [0.29, 0.717) is 28.1 Å². The van der Waals surface area contributed by atoms with Gasteiger partial charge in [-0.3, -0.25) is 14.4 Å². The quantitative estimate of drug-likeness (QED) is 0.371. The number of halogens is 3. The number of anilines is 1. The number of benzene rings is 2. The van der Waals surface area contributed by atoms with Crippen molar-refractivity contribution in [2.24, 2.45) is 5.92 Å². The number of amides is 4. The summed E-state index contributed by atoms with van der Waals surface area (Å²) in [7, 11) is 0. The Bertz CT molecular complexity index is 1630. The zero-order valence-electron chi connectivity index (χ0n) is 23.6. The minimum absolute atomic E-state index is 0.0787. The minimum Gasteiger partial charge on any atom is -0.350 e. The van der Waals surface area contributed by atoms with Gasteiger partial charge in [0.15, 0.2) is 5.78 Å². The van der Waals surface area contributed by atoms with Crippen molar-refractivity contribution in [1.82, 2.24) is 19.7 Å². The van der Waals surface area contributed by atoms with Crippen molar-refractivity contribution in [2.75, 3.05) is 18.4 Å². The number of hydrogen-bond donors (Lipinski definition) is 2. The van der Waals surface area contributed by atoms with E-state index < -0.39 is 29.8 Å². The lowest BCUT2D eigenvalue weighted by Gasteiger charge is -2.27. The molecule has 226 valence electrons. The van der Waals surface area contributed by atoms with Crippen LogP contribution in [0.1, 0.15) is 48.5 Å². The van der Waals surface area contributed by atoms with Crippen molar-refractivity contribution in [3.8, 4) is 0 Å². The highest BCUT2D eigenvalue weighted by Crippen LogP contribution is 2.38. The van der Waals surface area contributed by atoms with Crippen LogP contribution in [0.25, 0.3) is 10.9 Å². The number of aromatic nitrogens is 1. The summed E-state index contributed by atoms with van der Waals surface area (Å²) in [5.74, 6) is -1.40. The Balaban J connectivity index is 1.17. The van der Waals surface area contributed by atoms with E-state index in [2.05, 4.69) is 10.6 Å². The number of nitrogens with one attached hydrogen (secondary N) is 2. The number of likely N-dealkylation sites (tertiary alicyclic amines) is 2. The third-order valence-electron chi connectivity index (χ3n) is 8.85. The summed E-state index contributed by atoms with van der Waals surface area (Å²) in [6, 6.07) is 8.64. The average Bonchev–Trinajstić information content (AvgIpc) is 3.77. The number of ketones is 1. The van der Waals surface area contributed by atoms with Crippen LogP contribution in [0.2, 0.25) is 5.02 Å². The molecule has 3 aromatic rings. The van der Waals surface area contributed by atoms with Crippen LogP contribution >= 0.6 is 11.6 Å². The molecule has 0 spiro atoms. The number of alkyl halides is 1. The van der Waals surface area contributed by atoms with Crippen molar-refractivity contribution < 1.29 is 28.0 Å². The Kier molecular flexibility index (Phi) is 7.85. The third kappa shape index (κ3) is 5.70. The van der Waals surface area contributed by atoms with E-state index in [1.54, 1.807) is 35.0 Å². The molecule has 1 saturated carbocycles. The van der Waals surface area contributed by atoms with E-state index in [0.717, 1.165) is 25.8 Å². The van der Waals surface area contributed by atoms with Crippen LogP contribution in [-0.2, 0) is 22.7 Å². The summed E-state index contributed by atoms with van der Waals surface area (Å²) in [6.45, 7) is 1.53. The smallest absolute Gasteiger partial charge is 0.322 e. The van der Waals surface area contributed by atoms with Crippen LogP contribution in [0, 0.1) is 11.7 Å². The van der Waals surface area contributed by atoms with E-state index >= 15 is 0 Å². The number of hydrogen-bond acceptors (Lipinski definition) is 4. The zero-order chi connectivity index (χ0) is 30.4. The number of urea groups is 1. The summed E-state index contributed by atoms with van der Waals surface area (Å²) >= 11 is 5.82. The number of carbonyl (C=O) groups is 4. The lowest BCUT2D eigenvalue weighted by molar-refractivity contribution is -0.139. The molecule has 2 aromatic carbocycles.